The molecule has 47 heavy (non-hydrogen) atoms. The number of aliphatic hydroxyl groups is 5. The van der Waals surface area contributed by atoms with Gasteiger partial charge >= 0.3 is 5.97 Å². The Balaban J connectivity index is 1.58. The Labute approximate surface area is 263 Å². The van der Waals surface area contributed by atoms with Crippen molar-refractivity contribution in [3.05, 3.63) is 34.5 Å². The fourth-order valence-corrected chi connectivity index (χ4v) is 5.17. The van der Waals surface area contributed by atoms with Crippen molar-refractivity contribution in [2.75, 3.05) is 6.61 Å². The molecule has 0 spiro atoms. The highest BCUT2D eigenvalue weighted by Crippen LogP contribution is 2.42. The van der Waals surface area contributed by atoms with Crippen molar-refractivity contribution in [1.29, 1.82) is 0 Å². The fraction of sp³-hybridized carbons (Fsp3) is 0.448. The third kappa shape index (κ3) is 6.45. The summed E-state index contributed by atoms with van der Waals surface area (Å²) in [6, 6.07) is 3.43. The van der Waals surface area contributed by atoms with Gasteiger partial charge in [-0.05, 0) is 24.8 Å². The smallest absolute Gasteiger partial charge is 0.302 e. The second kappa shape index (κ2) is 13.0. The summed E-state index contributed by atoms with van der Waals surface area (Å²) in [7, 11) is 0. The lowest BCUT2D eigenvalue weighted by atomic mass is 9.97. The van der Waals surface area contributed by atoms with Crippen LogP contribution >= 0.6 is 0 Å². The molecule has 5 rings (SSSR count). The number of ether oxygens (including phenoxy) is 5. The summed E-state index contributed by atoms with van der Waals surface area (Å²) in [4.78, 5) is 25.1. The van der Waals surface area contributed by atoms with Crippen LogP contribution in [-0.2, 0) is 23.7 Å². The molecule has 10 atom stereocenters. The Hall–Kier alpha value is -4.40. The van der Waals surface area contributed by atoms with Crippen molar-refractivity contribution in [3.63, 3.8) is 0 Å². The molecule has 3 aromatic rings. The molecule has 2 aliphatic heterocycles. The van der Waals surface area contributed by atoms with Gasteiger partial charge in [0.15, 0.2) is 18.2 Å². The van der Waals surface area contributed by atoms with Gasteiger partial charge in [0.05, 0.1) is 6.10 Å². The lowest BCUT2D eigenvalue weighted by Crippen LogP contribution is -2.64. The van der Waals surface area contributed by atoms with E-state index in [4.69, 9.17) is 28.1 Å². The molecule has 9 N–H and O–H groups in total. The average molecular weight is 668 g/mol. The molecule has 0 radical (unpaired) electrons. The predicted octanol–water partition coefficient (Wildman–Crippen LogP) is -2.04. The maximum Gasteiger partial charge on any atom is 0.302 e. The SMILES string of the molecule is CC(=O)OC[C@H]1O[C@@H](O[C@H]2[C@H](Oc3c(-c4cc(O)c([O-])c(O)c4)oc4cc(O)cc(O)c4c3=O)O[C@@H](C)[C@H](O)[C@H]2O)[C@H](O)[C@@H](O)[C@@H]1O. The normalized spacial score (nSPS) is 31.0. The average Bonchev–Trinajstić information content (AvgIpc) is 3.00. The maximum absolute atomic E-state index is 13.8. The number of hydrogen-bond donors (Lipinski definition) is 9. The third-order valence-electron chi connectivity index (χ3n) is 7.66. The van der Waals surface area contributed by atoms with E-state index in [9.17, 15) is 60.7 Å². The van der Waals surface area contributed by atoms with E-state index in [0.29, 0.717) is 0 Å². The minimum atomic E-state index is -1.98. The zero-order valence-electron chi connectivity index (χ0n) is 24.5. The lowest BCUT2D eigenvalue weighted by Gasteiger charge is -2.45. The van der Waals surface area contributed by atoms with Gasteiger partial charge in [0.25, 0.3) is 0 Å². The van der Waals surface area contributed by atoms with Crippen LogP contribution in [0.4, 0.5) is 0 Å². The van der Waals surface area contributed by atoms with Gasteiger partial charge in [-0.25, -0.2) is 0 Å². The standard InChI is InChI=1S/C29H32O18/c1-8-18(35)23(40)27(47-28-24(41)22(39)20(37)16(45-28)7-42-9(2)30)29(43-8)46-26-21(38)17-12(32)5-11(31)6-15(17)44-25(26)10-3-13(33)19(36)14(34)4-10/h3-6,8,16,18,20,22-24,27-29,31-37,39-41H,7H2,1-2H3/p-1/t8-,16+,18-,20+,22-,23+,24+,27+,28-,29-/m0/s1. The Bertz CT molecular complexity index is 1680. The molecule has 2 aromatic carbocycles. The summed E-state index contributed by atoms with van der Waals surface area (Å²) in [6.07, 6.45) is -17.5. The minimum Gasteiger partial charge on any atom is -0.867 e. The Morgan fingerprint density at radius 2 is 1.51 bits per heavy atom. The molecule has 2 saturated heterocycles. The largest absolute Gasteiger partial charge is 0.867 e. The number of phenols is 4. The molecule has 0 unspecified atom stereocenters. The second-order valence-corrected chi connectivity index (χ2v) is 11.0. The summed E-state index contributed by atoms with van der Waals surface area (Å²) < 4.78 is 33.3. The van der Waals surface area contributed by atoms with Crippen LogP contribution in [0.25, 0.3) is 22.3 Å². The zero-order valence-corrected chi connectivity index (χ0v) is 24.5. The van der Waals surface area contributed by atoms with E-state index in [1.165, 1.54) is 6.92 Å². The topological polar surface area (TPSA) is 299 Å². The Kier molecular flexibility index (Phi) is 9.40. The predicted molar refractivity (Wildman–Crippen MR) is 149 cm³/mol. The van der Waals surface area contributed by atoms with Crippen molar-refractivity contribution >= 4 is 16.9 Å². The van der Waals surface area contributed by atoms with Crippen LogP contribution in [0.5, 0.6) is 34.5 Å². The molecule has 18 nitrogen and oxygen atoms in total. The fourth-order valence-electron chi connectivity index (χ4n) is 5.17. The van der Waals surface area contributed by atoms with E-state index in [2.05, 4.69) is 0 Å². The first kappa shape index (κ1) is 33.9. The van der Waals surface area contributed by atoms with Crippen molar-refractivity contribution in [2.45, 2.75) is 75.3 Å². The van der Waals surface area contributed by atoms with Crippen LogP contribution in [0.15, 0.2) is 33.5 Å². The van der Waals surface area contributed by atoms with Crippen LogP contribution in [0.1, 0.15) is 13.8 Å². The van der Waals surface area contributed by atoms with Crippen LogP contribution in [-0.4, -0.2) is 120 Å². The first-order valence-electron chi connectivity index (χ1n) is 14.0. The Morgan fingerprint density at radius 3 is 2.15 bits per heavy atom. The molecule has 3 heterocycles. The van der Waals surface area contributed by atoms with Crippen LogP contribution in [0, 0.1) is 0 Å². The number of hydrogen-bond acceptors (Lipinski definition) is 18. The zero-order chi connectivity index (χ0) is 34.5. The monoisotopic (exact) mass is 667 g/mol. The van der Waals surface area contributed by atoms with Crippen molar-refractivity contribution in [3.8, 4) is 45.8 Å². The van der Waals surface area contributed by atoms with Crippen LogP contribution < -0.4 is 15.3 Å². The molecule has 256 valence electrons. The van der Waals surface area contributed by atoms with E-state index in [-0.39, 0.29) is 5.56 Å². The summed E-state index contributed by atoms with van der Waals surface area (Å²) in [5.41, 5.74) is -1.82. The van der Waals surface area contributed by atoms with Gasteiger partial charge in [-0.1, -0.05) is 0 Å². The molecule has 0 aliphatic carbocycles. The number of carbonyl (C=O) groups excluding carboxylic acids is 1. The van der Waals surface area contributed by atoms with Gasteiger partial charge in [0.2, 0.25) is 17.5 Å². The molecular formula is C29H31O18-. The van der Waals surface area contributed by atoms with Crippen molar-refractivity contribution < 1.29 is 84.0 Å². The van der Waals surface area contributed by atoms with Gasteiger partial charge < -0.3 is 79.2 Å². The molecule has 1 aromatic heterocycles. The number of carbonyl (C=O) groups is 1. The minimum absolute atomic E-state index is 0.310. The van der Waals surface area contributed by atoms with E-state index >= 15 is 0 Å². The highest BCUT2D eigenvalue weighted by atomic mass is 16.8. The molecule has 0 amide bonds. The summed E-state index contributed by atoms with van der Waals surface area (Å²) in [6.45, 7) is 1.82. The maximum atomic E-state index is 13.8. The highest BCUT2D eigenvalue weighted by molar-refractivity contribution is 5.88. The van der Waals surface area contributed by atoms with Gasteiger partial charge in [-0.3, -0.25) is 9.59 Å². The van der Waals surface area contributed by atoms with Gasteiger partial charge in [0.1, 0.15) is 77.2 Å². The first-order valence-corrected chi connectivity index (χ1v) is 14.0. The second-order valence-electron chi connectivity index (χ2n) is 11.0. The van der Waals surface area contributed by atoms with E-state index < -0.39 is 131 Å². The number of benzene rings is 2. The summed E-state index contributed by atoms with van der Waals surface area (Å²) in [5, 5.41) is 105. The summed E-state index contributed by atoms with van der Waals surface area (Å²) >= 11 is 0. The number of aliphatic hydroxyl groups excluding tert-OH is 5. The lowest BCUT2D eigenvalue weighted by molar-refractivity contribution is -0.355. The number of phenolic OH excluding ortho intramolecular Hbond substituents is 4. The first-order chi connectivity index (χ1) is 22.1. The quantitative estimate of drug-likeness (QED) is 0.123. The number of esters is 1. The molecule has 18 heteroatoms. The van der Waals surface area contributed by atoms with E-state index in [1.807, 2.05) is 0 Å². The van der Waals surface area contributed by atoms with Gasteiger partial charge in [-0.2, -0.15) is 0 Å². The van der Waals surface area contributed by atoms with E-state index in [0.717, 1.165) is 31.2 Å². The molecule has 0 saturated carbocycles. The van der Waals surface area contributed by atoms with Gasteiger partial charge in [-0.15, -0.1) is 0 Å². The van der Waals surface area contributed by atoms with Crippen molar-refractivity contribution in [1.82, 2.24) is 0 Å². The molecule has 2 aliphatic rings. The molecule has 0 bridgehead atoms. The highest BCUT2D eigenvalue weighted by Gasteiger charge is 2.51. The van der Waals surface area contributed by atoms with Crippen molar-refractivity contribution in [2.24, 2.45) is 0 Å². The third-order valence-corrected chi connectivity index (χ3v) is 7.66. The number of aromatic hydroxyl groups is 4. The van der Waals surface area contributed by atoms with Crippen LogP contribution in [0.3, 0.4) is 0 Å². The number of rotatable bonds is 7. The van der Waals surface area contributed by atoms with E-state index in [1.54, 1.807) is 0 Å². The Morgan fingerprint density at radius 1 is 0.851 bits per heavy atom. The number of fused-ring (bicyclic) bond motifs is 1. The van der Waals surface area contributed by atoms with Crippen LogP contribution in [0.2, 0.25) is 0 Å². The summed E-state index contributed by atoms with van der Waals surface area (Å²) in [5.74, 6) is -6.48. The molecular weight excluding hydrogens is 636 g/mol. The molecule has 2 fully saturated rings. The van der Waals surface area contributed by atoms with Gasteiger partial charge in [0, 0.05) is 24.6 Å².